The molecular formula is C10H12N4OS. The largest absolute Gasteiger partial charge is 0.339 e. The predicted molar refractivity (Wildman–Crippen MR) is 60.0 cm³/mol. The van der Waals surface area contributed by atoms with Crippen LogP contribution in [0.3, 0.4) is 0 Å². The Kier molecular flexibility index (Phi) is 2.45. The van der Waals surface area contributed by atoms with Gasteiger partial charge in [-0.2, -0.15) is 4.98 Å². The molecule has 0 radical (unpaired) electrons. The van der Waals surface area contributed by atoms with E-state index in [4.69, 9.17) is 10.3 Å². The second-order valence-corrected chi connectivity index (χ2v) is 4.91. The minimum atomic E-state index is 0.162. The molecule has 84 valence electrons. The lowest BCUT2D eigenvalue weighted by atomic mass is 10.1. The number of hydrogen-bond acceptors (Lipinski definition) is 6. The van der Waals surface area contributed by atoms with E-state index in [0.717, 1.165) is 24.1 Å². The fourth-order valence-corrected chi connectivity index (χ4v) is 2.65. The number of aromatic nitrogens is 3. The third-order valence-corrected chi connectivity index (χ3v) is 3.75. The van der Waals surface area contributed by atoms with Gasteiger partial charge in [0.25, 0.3) is 0 Å². The Labute approximate surface area is 96.7 Å². The standard InChI is InChI=1S/C10H12N4OS/c11-7-3-1-2-6(7)10-13-9(14-15-10)8-4-12-5-16-8/h4-7H,1-3,11H2. The van der Waals surface area contributed by atoms with Crippen LogP contribution in [-0.4, -0.2) is 21.2 Å². The molecule has 16 heavy (non-hydrogen) atoms. The molecule has 2 heterocycles. The maximum atomic E-state index is 6.00. The lowest BCUT2D eigenvalue weighted by Gasteiger charge is -2.08. The second kappa shape index (κ2) is 3.95. The Bertz CT molecular complexity index is 467. The quantitative estimate of drug-likeness (QED) is 0.860. The van der Waals surface area contributed by atoms with Crippen molar-refractivity contribution in [3.63, 3.8) is 0 Å². The molecule has 2 aromatic heterocycles. The first-order valence-electron chi connectivity index (χ1n) is 5.32. The summed E-state index contributed by atoms with van der Waals surface area (Å²) >= 11 is 1.51. The molecule has 1 aliphatic carbocycles. The Hall–Kier alpha value is -1.27. The zero-order chi connectivity index (χ0) is 11.0. The van der Waals surface area contributed by atoms with Gasteiger partial charge in [0.1, 0.15) is 0 Å². The first-order valence-corrected chi connectivity index (χ1v) is 6.20. The second-order valence-electron chi connectivity index (χ2n) is 4.02. The van der Waals surface area contributed by atoms with Crippen LogP contribution in [0.4, 0.5) is 0 Å². The molecular weight excluding hydrogens is 224 g/mol. The van der Waals surface area contributed by atoms with Crippen LogP contribution >= 0.6 is 11.3 Å². The molecule has 1 aliphatic rings. The van der Waals surface area contributed by atoms with Crippen LogP contribution in [0.15, 0.2) is 16.2 Å². The average Bonchev–Trinajstić information content (AvgIpc) is 2.96. The van der Waals surface area contributed by atoms with Crippen LogP contribution in [0.25, 0.3) is 10.7 Å². The van der Waals surface area contributed by atoms with Crippen molar-refractivity contribution >= 4 is 11.3 Å². The molecule has 6 heteroatoms. The van der Waals surface area contributed by atoms with Crippen LogP contribution in [-0.2, 0) is 0 Å². The Balaban J connectivity index is 1.88. The Morgan fingerprint density at radius 1 is 1.44 bits per heavy atom. The predicted octanol–water partition coefficient (Wildman–Crippen LogP) is 1.79. The van der Waals surface area contributed by atoms with Crippen molar-refractivity contribution < 1.29 is 4.52 Å². The fraction of sp³-hybridized carbons (Fsp3) is 0.500. The lowest BCUT2D eigenvalue weighted by molar-refractivity contribution is 0.345. The first kappa shape index (κ1) is 9.92. The van der Waals surface area contributed by atoms with E-state index < -0.39 is 0 Å². The van der Waals surface area contributed by atoms with Gasteiger partial charge < -0.3 is 10.3 Å². The molecule has 1 saturated carbocycles. The summed E-state index contributed by atoms with van der Waals surface area (Å²) in [6.45, 7) is 0. The van der Waals surface area contributed by atoms with Crippen LogP contribution in [0.5, 0.6) is 0 Å². The van der Waals surface area contributed by atoms with Gasteiger partial charge in [-0.05, 0) is 12.8 Å². The summed E-state index contributed by atoms with van der Waals surface area (Å²) in [6.07, 6.45) is 4.98. The highest BCUT2D eigenvalue weighted by Crippen LogP contribution is 2.33. The Morgan fingerprint density at radius 3 is 3.06 bits per heavy atom. The molecule has 0 amide bonds. The highest BCUT2D eigenvalue weighted by atomic mass is 32.1. The molecule has 2 atom stereocenters. The van der Waals surface area contributed by atoms with E-state index in [1.165, 1.54) is 11.3 Å². The van der Waals surface area contributed by atoms with Crippen LogP contribution in [0.1, 0.15) is 31.1 Å². The first-order chi connectivity index (χ1) is 7.84. The van der Waals surface area contributed by atoms with Gasteiger partial charge in [0.15, 0.2) is 0 Å². The maximum absolute atomic E-state index is 6.00. The highest BCUT2D eigenvalue weighted by Gasteiger charge is 2.30. The van der Waals surface area contributed by atoms with Gasteiger partial charge in [-0.3, -0.25) is 4.98 Å². The monoisotopic (exact) mass is 236 g/mol. The van der Waals surface area contributed by atoms with Crippen molar-refractivity contribution in [1.82, 2.24) is 15.1 Å². The Morgan fingerprint density at radius 2 is 2.38 bits per heavy atom. The van der Waals surface area contributed by atoms with Crippen LogP contribution in [0.2, 0.25) is 0 Å². The maximum Gasteiger partial charge on any atom is 0.231 e. The molecule has 2 N–H and O–H groups in total. The third-order valence-electron chi connectivity index (χ3n) is 2.98. The average molecular weight is 236 g/mol. The van der Waals surface area contributed by atoms with Gasteiger partial charge in [-0.15, -0.1) is 11.3 Å². The highest BCUT2D eigenvalue weighted by molar-refractivity contribution is 7.13. The van der Waals surface area contributed by atoms with Crippen molar-refractivity contribution in [2.24, 2.45) is 5.73 Å². The topological polar surface area (TPSA) is 77.8 Å². The van der Waals surface area contributed by atoms with E-state index in [2.05, 4.69) is 15.1 Å². The SMILES string of the molecule is NC1CCCC1c1nc(-c2cncs2)no1. The van der Waals surface area contributed by atoms with E-state index in [0.29, 0.717) is 11.7 Å². The van der Waals surface area contributed by atoms with Crippen molar-refractivity contribution in [2.75, 3.05) is 0 Å². The van der Waals surface area contributed by atoms with Gasteiger partial charge in [0.2, 0.25) is 11.7 Å². The summed E-state index contributed by atoms with van der Waals surface area (Å²) in [5.41, 5.74) is 7.76. The minimum absolute atomic E-state index is 0.162. The summed E-state index contributed by atoms with van der Waals surface area (Å²) in [5.74, 6) is 1.53. The smallest absolute Gasteiger partial charge is 0.231 e. The van der Waals surface area contributed by atoms with E-state index in [-0.39, 0.29) is 12.0 Å². The summed E-state index contributed by atoms with van der Waals surface area (Å²) in [5, 5.41) is 3.97. The zero-order valence-electron chi connectivity index (χ0n) is 8.67. The number of thiazole rings is 1. The van der Waals surface area contributed by atoms with Crippen molar-refractivity contribution in [3.8, 4) is 10.7 Å². The van der Waals surface area contributed by atoms with Gasteiger partial charge in [0.05, 0.1) is 16.3 Å². The number of nitrogens with two attached hydrogens (primary N) is 1. The molecule has 0 bridgehead atoms. The molecule has 0 spiro atoms. The molecule has 5 nitrogen and oxygen atoms in total. The number of nitrogens with zero attached hydrogens (tertiary/aromatic N) is 3. The van der Waals surface area contributed by atoms with Gasteiger partial charge in [-0.1, -0.05) is 11.6 Å². The van der Waals surface area contributed by atoms with Gasteiger partial charge in [0, 0.05) is 12.2 Å². The van der Waals surface area contributed by atoms with Gasteiger partial charge in [-0.25, -0.2) is 0 Å². The summed E-state index contributed by atoms with van der Waals surface area (Å²) in [6, 6.07) is 0.162. The number of rotatable bonds is 2. The lowest BCUT2D eigenvalue weighted by Crippen LogP contribution is -2.22. The fourth-order valence-electron chi connectivity index (χ4n) is 2.11. The molecule has 3 rings (SSSR count). The van der Waals surface area contributed by atoms with Crippen LogP contribution < -0.4 is 5.73 Å². The van der Waals surface area contributed by atoms with Crippen LogP contribution in [0, 0.1) is 0 Å². The van der Waals surface area contributed by atoms with Gasteiger partial charge >= 0.3 is 0 Å². The summed E-state index contributed by atoms with van der Waals surface area (Å²) < 4.78 is 5.28. The van der Waals surface area contributed by atoms with E-state index in [9.17, 15) is 0 Å². The van der Waals surface area contributed by atoms with Crippen molar-refractivity contribution in [3.05, 3.63) is 17.6 Å². The molecule has 0 saturated heterocycles. The zero-order valence-corrected chi connectivity index (χ0v) is 9.48. The van der Waals surface area contributed by atoms with E-state index in [1.54, 1.807) is 11.7 Å². The number of hydrogen-bond donors (Lipinski definition) is 1. The normalized spacial score (nSPS) is 25.1. The van der Waals surface area contributed by atoms with E-state index in [1.807, 2.05) is 0 Å². The molecule has 0 aromatic carbocycles. The van der Waals surface area contributed by atoms with E-state index >= 15 is 0 Å². The van der Waals surface area contributed by atoms with Crippen molar-refractivity contribution in [2.45, 2.75) is 31.2 Å². The minimum Gasteiger partial charge on any atom is -0.339 e. The molecule has 2 unspecified atom stereocenters. The summed E-state index contributed by atoms with van der Waals surface area (Å²) in [4.78, 5) is 9.32. The molecule has 1 fully saturated rings. The third kappa shape index (κ3) is 1.64. The molecule has 0 aliphatic heterocycles. The van der Waals surface area contributed by atoms with Crippen molar-refractivity contribution in [1.29, 1.82) is 0 Å². The molecule has 2 aromatic rings. The summed E-state index contributed by atoms with van der Waals surface area (Å²) in [7, 11) is 0.